The van der Waals surface area contributed by atoms with E-state index in [0.717, 1.165) is 30.7 Å². The first-order valence-electron chi connectivity index (χ1n) is 9.74. The number of benzene rings is 1. The lowest BCUT2D eigenvalue weighted by atomic mass is 9.96. The van der Waals surface area contributed by atoms with Crippen LogP contribution in [0.1, 0.15) is 53.9 Å². The molecule has 0 saturated heterocycles. The number of carbonyl (C=O) groups excluding carboxylic acids is 1. The number of hydrogen-bond acceptors (Lipinski definition) is 4. The molecular weight excluding hydrogens is 414 g/mol. The Balaban J connectivity index is 1.63. The lowest BCUT2D eigenvalue weighted by molar-refractivity contribution is -0.137. The fourth-order valence-corrected chi connectivity index (χ4v) is 3.84. The molecule has 2 aromatic heterocycles. The van der Waals surface area contributed by atoms with Crippen molar-refractivity contribution in [1.29, 1.82) is 0 Å². The Morgan fingerprint density at radius 3 is 2.77 bits per heavy atom. The van der Waals surface area contributed by atoms with E-state index in [0.29, 0.717) is 29.6 Å². The highest BCUT2D eigenvalue weighted by atomic mass is 19.4. The van der Waals surface area contributed by atoms with Gasteiger partial charge >= 0.3 is 6.18 Å². The second kappa shape index (κ2) is 8.09. The number of pyridine rings is 1. The van der Waals surface area contributed by atoms with Gasteiger partial charge in [-0.15, -0.1) is 5.10 Å². The molecule has 0 fully saturated rings. The largest absolute Gasteiger partial charge is 0.416 e. The van der Waals surface area contributed by atoms with Gasteiger partial charge in [-0.3, -0.25) is 4.79 Å². The molecule has 0 saturated carbocycles. The summed E-state index contributed by atoms with van der Waals surface area (Å²) in [7, 11) is 0. The molecule has 10 heteroatoms. The van der Waals surface area contributed by atoms with Crippen molar-refractivity contribution in [2.75, 3.05) is 0 Å². The summed E-state index contributed by atoms with van der Waals surface area (Å²) in [6.07, 6.45) is -0.680. The molecule has 1 aromatic carbocycles. The highest BCUT2D eigenvalue weighted by Crippen LogP contribution is 2.31. The molecule has 1 N–H and O–H groups in total. The number of alkyl halides is 3. The molecule has 1 atom stereocenters. The van der Waals surface area contributed by atoms with Gasteiger partial charge in [0.05, 0.1) is 17.3 Å². The standard InChI is InChI=1S/C21H19F4N5O/c1-12(31)27-17-3-2-4-18-20(17)28-29-30(18)19-10-13(5-6-26-19)7-14-8-15(21(23,24)25)11-16(22)9-14/h5-6,8-11,17H,2-4,7H2,1H3,(H,27,31). The summed E-state index contributed by atoms with van der Waals surface area (Å²) in [5, 5.41) is 11.3. The van der Waals surface area contributed by atoms with E-state index in [1.165, 1.54) is 13.1 Å². The zero-order chi connectivity index (χ0) is 22.2. The quantitative estimate of drug-likeness (QED) is 0.633. The third kappa shape index (κ3) is 4.57. The molecule has 3 aromatic rings. The molecule has 1 amide bonds. The van der Waals surface area contributed by atoms with Crippen LogP contribution in [0.4, 0.5) is 17.6 Å². The molecule has 1 unspecified atom stereocenters. The Morgan fingerprint density at radius 1 is 1.23 bits per heavy atom. The van der Waals surface area contributed by atoms with E-state index in [9.17, 15) is 22.4 Å². The smallest absolute Gasteiger partial charge is 0.348 e. The lowest BCUT2D eigenvalue weighted by Crippen LogP contribution is -2.29. The summed E-state index contributed by atoms with van der Waals surface area (Å²) in [6.45, 7) is 1.44. The van der Waals surface area contributed by atoms with Gasteiger partial charge in [-0.05, 0) is 67.1 Å². The topological polar surface area (TPSA) is 72.7 Å². The summed E-state index contributed by atoms with van der Waals surface area (Å²) in [4.78, 5) is 15.8. The molecule has 31 heavy (non-hydrogen) atoms. The molecule has 4 rings (SSSR count). The summed E-state index contributed by atoms with van der Waals surface area (Å²) < 4.78 is 54.3. The number of nitrogens with one attached hydrogen (secondary N) is 1. The molecule has 1 aliphatic carbocycles. The maximum Gasteiger partial charge on any atom is 0.416 e. The van der Waals surface area contributed by atoms with Crippen molar-refractivity contribution in [1.82, 2.24) is 25.3 Å². The van der Waals surface area contributed by atoms with Gasteiger partial charge in [0.15, 0.2) is 5.82 Å². The predicted octanol–water partition coefficient (Wildman–Crippen LogP) is 3.92. The van der Waals surface area contributed by atoms with Gasteiger partial charge in [0.1, 0.15) is 11.5 Å². The van der Waals surface area contributed by atoms with E-state index in [2.05, 4.69) is 20.6 Å². The van der Waals surface area contributed by atoms with E-state index in [4.69, 9.17) is 0 Å². The monoisotopic (exact) mass is 433 g/mol. The first kappa shape index (κ1) is 21.0. The van der Waals surface area contributed by atoms with Crippen LogP contribution in [0.5, 0.6) is 0 Å². The third-order valence-corrected chi connectivity index (χ3v) is 5.13. The SMILES string of the molecule is CC(=O)NC1CCCc2c1nnn2-c1cc(Cc2cc(F)cc(C(F)(F)F)c2)ccn1. The van der Waals surface area contributed by atoms with E-state index >= 15 is 0 Å². The van der Waals surface area contributed by atoms with Crippen LogP contribution in [0.2, 0.25) is 0 Å². The van der Waals surface area contributed by atoms with Crippen molar-refractivity contribution in [3.8, 4) is 5.82 Å². The highest BCUT2D eigenvalue weighted by Gasteiger charge is 2.31. The fourth-order valence-electron chi connectivity index (χ4n) is 3.84. The molecule has 0 spiro atoms. The van der Waals surface area contributed by atoms with Crippen LogP contribution >= 0.6 is 0 Å². The summed E-state index contributed by atoms with van der Waals surface area (Å²) in [5.74, 6) is -0.628. The maximum atomic E-state index is 13.7. The summed E-state index contributed by atoms with van der Waals surface area (Å²) >= 11 is 0. The van der Waals surface area contributed by atoms with Gasteiger partial charge in [0.25, 0.3) is 0 Å². The lowest BCUT2D eigenvalue weighted by Gasteiger charge is -2.21. The Bertz CT molecular complexity index is 1130. The van der Waals surface area contributed by atoms with E-state index in [1.54, 1.807) is 16.8 Å². The van der Waals surface area contributed by atoms with Crippen LogP contribution in [-0.4, -0.2) is 25.9 Å². The second-order valence-electron chi connectivity index (χ2n) is 7.52. The fraction of sp³-hybridized carbons (Fsp3) is 0.333. The number of fused-ring (bicyclic) bond motifs is 1. The Hall–Kier alpha value is -3.30. The Morgan fingerprint density at radius 2 is 2.03 bits per heavy atom. The number of hydrogen-bond donors (Lipinski definition) is 1. The van der Waals surface area contributed by atoms with Crippen molar-refractivity contribution in [3.63, 3.8) is 0 Å². The summed E-state index contributed by atoms with van der Waals surface area (Å²) in [5.41, 5.74) is 1.36. The van der Waals surface area contributed by atoms with Gasteiger partial charge in [0, 0.05) is 13.1 Å². The van der Waals surface area contributed by atoms with E-state index < -0.39 is 17.6 Å². The van der Waals surface area contributed by atoms with Crippen molar-refractivity contribution in [2.24, 2.45) is 0 Å². The number of rotatable bonds is 4. The minimum absolute atomic E-state index is 0.0990. The number of amides is 1. The number of aromatic nitrogens is 4. The zero-order valence-corrected chi connectivity index (χ0v) is 16.6. The van der Waals surface area contributed by atoms with Gasteiger partial charge in [0.2, 0.25) is 5.91 Å². The van der Waals surface area contributed by atoms with Gasteiger partial charge in [-0.1, -0.05) is 5.21 Å². The van der Waals surface area contributed by atoms with Crippen LogP contribution < -0.4 is 5.32 Å². The normalized spacial score (nSPS) is 16.1. The van der Waals surface area contributed by atoms with Crippen molar-refractivity contribution >= 4 is 5.91 Å². The number of nitrogens with zero attached hydrogens (tertiary/aromatic N) is 4. The third-order valence-electron chi connectivity index (χ3n) is 5.13. The van der Waals surface area contributed by atoms with Gasteiger partial charge in [-0.25, -0.2) is 9.37 Å². The first-order valence-corrected chi connectivity index (χ1v) is 9.74. The molecule has 0 radical (unpaired) electrons. The average Bonchev–Trinajstić information content (AvgIpc) is 3.12. The average molecular weight is 433 g/mol. The number of halogens is 4. The van der Waals surface area contributed by atoms with Crippen LogP contribution in [0, 0.1) is 5.82 Å². The van der Waals surface area contributed by atoms with E-state index in [1.807, 2.05) is 0 Å². The van der Waals surface area contributed by atoms with Crippen LogP contribution in [0.3, 0.4) is 0 Å². The molecule has 0 bridgehead atoms. The predicted molar refractivity (Wildman–Crippen MR) is 103 cm³/mol. The van der Waals surface area contributed by atoms with Gasteiger partial charge < -0.3 is 5.32 Å². The first-order chi connectivity index (χ1) is 14.7. The number of carbonyl (C=O) groups is 1. The van der Waals surface area contributed by atoms with E-state index in [-0.39, 0.29) is 23.9 Å². The highest BCUT2D eigenvalue weighted by molar-refractivity contribution is 5.73. The van der Waals surface area contributed by atoms with Crippen LogP contribution in [0.15, 0.2) is 36.5 Å². The molecule has 162 valence electrons. The van der Waals surface area contributed by atoms with Crippen molar-refractivity contribution < 1.29 is 22.4 Å². The molecular formula is C21H19F4N5O. The summed E-state index contributed by atoms with van der Waals surface area (Å²) in [6, 6.07) is 5.64. The van der Waals surface area contributed by atoms with Gasteiger partial charge in [-0.2, -0.15) is 17.9 Å². The second-order valence-corrected chi connectivity index (χ2v) is 7.52. The molecule has 6 nitrogen and oxygen atoms in total. The van der Waals surface area contributed by atoms with Crippen LogP contribution in [0.25, 0.3) is 5.82 Å². The molecule has 0 aliphatic heterocycles. The minimum atomic E-state index is -4.62. The minimum Gasteiger partial charge on any atom is -0.348 e. The maximum absolute atomic E-state index is 13.7. The Kier molecular flexibility index (Phi) is 5.47. The van der Waals surface area contributed by atoms with Crippen molar-refractivity contribution in [3.05, 3.63) is 70.4 Å². The van der Waals surface area contributed by atoms with Crippen LogP contribution in [-0.2, 0) is 23.8 Å². The molecule has 2 heterocycles. The molecule has 1 aliphatic rings. The zero-order valence-electron chi connectivity index (χ0n) is 16.6. The van der Waals surface area contributed by atoms with Crippen molar-refractivity contribution in [2.45, 2.75) is 44.8 Å². The Labute approximate surface area is 175 Å².